The predicted octanol–water partition coefficient (Wildman–Crippen LogP) is 4.07. The number of benzene rings is 2. The molecule has 8 heteroatoms. The molecule has 4 rings (SSSR count). The highest BCUT2D eigenvalue weighted by molar-refractivity contribution is 8.02. The zero-order valence-corrected chi connectivity index (χ0v) is 17.4. The van der Waals surface area contributed by atoms with E-state index in [0.717, 1.165) is 26.3 Å². The van der Waals surface area contributed by atoms with Crippen molar-refractivity contribution in [3.05, 3.63) is 66.0 Å². The predicted molar refractivity (Wildman–Crippen MR) is 112 cm³/mol. The van der Waals surface area contributed by atoms with E-state index in [1.54, 1.807) is 24.2 Å². The minimum Gasteiger partial charge on any atom is -0.454 e. The fourth-order valence-corrected chi connectivity index (χ4v) is 4.51. The smallest absolute Gasteiger partial charge is 0.231 e. The van der Waals surface area contributed by atoms with Crippen molar-refractivity contribution in [1.82, 2.24) is 15.3 Å². The van der Waals surface area contributed by atoms with Gasteiger partial charge in [0.25, 0.3) is 0 Å². The minimum atomic E-state index is -0.0647. The Bertz CT molecular complexity index is 1030. The Labute approximate surface area is 177 Å². The Morgan fingerprint density at radius 2 is 1.86 bits per heavy atom. The van der Waals surface area contributed by atoms with Gasteiger partial charge in [-0.1, -0.05) is 47.8 Å². The first-order valence-corrected chi connectivity index (χ1v) is 10.8. The second kappa shape index (κ2) is 9.19. The summed E-state index contributed by atoms with van der Waals surface area (Å²) in [5.74, 6) is 1.65. The van der Waals surface area contributed by atoms with Crippen LogP contribution in [0, 0.1) is 6.92 Å². The lowest BCUT2D eigenvalue weighted by Gasteiger charge is -2.09. The molecule has 3 aromatic rings. The van der Waals surface area contributed by atoms with Crippen LogP contribution in [0.2, 0.25) is 0 Å². The summed E-state index contributed by atoms with van der Waals surface area (Å²) in [5, 5.41) is 4.48. The van der Waals surface area contributed by atoms with E-state index in [1.807, 2.05) is 30.3 Å². The first kappa shape index (κ1) is 19.6. The lowest BCUT2D eigenvalue weighted by molar-refractivity contribution is -0.118. The number of aromatic nitrogens is 2. The number of hydrogen-bond acceptors (Lipinski definition) is 7. The number of carbonyl (C=O) groups excluding carboxylic acids is 1. The Morgan fingerprint density at radius 3 is 2.72 bits per heavy atom. The van der Waals surface area contributed by atoms with Gasteiger partial charge in [-0.2, -0.15) is 0 Å². The highest BCUT2D eigenvalue weighted by Gasteiger charge is 2.14. The van der Waals surface area contributed by atoms with Gasteiger partial charge in [0.05, 0.1) is 5.75 Å². The first-order chi connectivity index (χ1) is 14.2. The summed E-state index contributed by atoms with van der Waals surface area (Å²) in [7, 11) is 0. The molecule has 1 N–H and O–H groups in total. The van der Waals surface area contributed by atoms with Crippen LogP contribution in [0.1, 0.15) is 11.1 Å². The summed E-state index contributed by atoms with van der Waals surface area (Å²) in [6.07, 6.45) is 3.32. The molecule has 0 aliphatic carbocycles. The van der Waals surface area contributed by atoms with Crippen molar-refractivity contribution in [3.63, 3.8) is 0 Å². The Morgan fingerprint density at radius 1 is 1.07 bits per heavy atom. The van der Waals surface area contributed by atoms with Crippen molar-refractivity contribution in [2.24, 2.45) is 0 Å². The van der Waals surface area contributed by atoms with Crippen LogP contribution in [0.4, 0.5) is 0 Å². The number of aryl methyl sites for hydroxylation is 1. The molecule has 0 bridgehead atoms. The van der Waals surface area contributed by atoms with Gasteiger partial charge in [0.15, 0.2) is 11.5 Å². The summed E-state index contributed by atoms with van der Waals surface area (Å²) >= 11 is 2.95. The topological polar surface area (TPSA) is 73.3 Å². The zero-order chi connectivity index (χ0) is 20.1. The minimum absolute atomic E-state index is 0.0647. The fraction of sp³-hybridized carbons (Fsp3) is 0.190. The van der Waals surface area contributed by atoms with Gasteiger partial charge in [-0.05, 0) is 36.2 Å². The molecule has 148 valence electrons. The molecule has 1 aliphatic heterocycles. The molecule has 1 aliphatic rings. The SMILES string of the molecule is Cc1ccccc1Sc1nccnc1SCC(=O)NCc1ccc2c(c1)OCO2. The molecule has 0 fully saturated rings. The van der Waals surface area contributed by atoms with Gasteiger partial charge in [-0.3, -0.25) is 4.79 Å². The van der Waals surface area contributed by atoms with Crippen molar-refractivity contribution < 1.29 is 14.3 Å². The largest absolute Gasteiger partial charge is 0.454 e. The highest BCUT2D eigenvalue weighted by atomic mass is 32.2. The molecule has 29 heavy (non-hydrogen) atoms. The van der Waals surface area contributed by atoms with Crippen LogP contribution in [-0.2, 0) is 11.3 Å². The third kappa shape index (κ3) is 5.02. The maximum absolute atomic E-state index is 12.3. The second-order valence-corrected chi connectivity index (χ2v) is 8.28. The lowest BCUT2D eigenvalue weighted by Crippen LogP contribution is -2.24. The van der Waals surface area contributed by atoms with E-state index in [9.17, 15) is 4.79 Å². The van der Waals surface area contributed by atoms with Gasteiger partial charge < -0.3 is 14.8 Å². The van der Waals surface area contributed by atoms with E-state index in [-0.39, 0.29) is 18.5 Å². The Hall–Kier alpha value is -2.71. The first-order valence-electron chi connectivity index (χ1n) is 9.01. The van der Waals surface area contributed by atoms with Crippen molar-refractivity contribution in [2.45, 2.75) is 28.4 Å². The molecule has 0 saturated heterocycles. The average Bonchev–Trinajstić information content (AvgIpc) is 3.21. The number of amides is 1. The monoisotopic (exact) mass is 425 g/mol. The molecule has 0 atom stereocenters. The molecule has 2 aromatic carbocycles. The van der Waals surface area contributed by atoms with Crippen LogP contribution in [0.15, 0.2) is 69.8 Å². The number of ether oxygens (including phenoxy) is 2. The van der Waals surface area contributed by atoms with E-state index in [4.69, 9.17) is 9.47 Å². The molecule has 0 radical (unpaired) electrons. The number of hydrogen-bond donors (Lipinski definition) is 1. The zero-order valence-electron chi connectivity index (χ0n) is 15.8. The standard InChI is InChI=1S/C21H19N3O3S2/c1-14-4-2-3-5-18(14)29-21-20(22-8-9-23-21)28-12-19(25)24-11-15-6-7-16-17(10-15)27-13-26-16/h2-10H,11-13H2,1H3,(H,24,25). The molecule has 0 saturated carbocycles. The maximum atomic E-state index is 12.3. The molecule has 0 unspecified atom stereocenters. The average molecular weight is 426 g/mol. The normalized spacial score (nSPS) is 12.0. The van der Waals surface area contributed by atoms with Crippen molar-refractivity contribution in [3.8, 4) is 11.5 Å². The van der Waals surface area contributed by atoms with Gasteiger partial charge >= 0.3 is 0 Å². The number of nitrogens with one attached hydrogen (secondary N) is 1. The van der Waals surface area contributed by atoms with E-state index < -0.39 is 0 Å². The van der Waals surface area contributed by atoms with E-state index in [2.05, 4.69) is 34.3 Å². The second-order valence-electron chi connectivity index (χ2n) is 6.29. The van der Waals surface area contributed by atoms with Crippen molar-refractivity contribution in [2.75, 3.05) is 12.5 Å². The van der Waals surface area contributed by atoms with E-state index in [1.165, 1.54) is 17.3 Å². The Kier molecular flexibility index (Phi) is 6.21. The van der Waals surface area contributed by atoms with Crippen LogP contribution in [-0.4, -0.2) is 28.4 Å². The number of rotatable bonds is 7. The Balaban J connectivity index is 1.33. The van der Waals surface area contributed by atoms with Crippen LogP contribution < -0.4 is 14.8 Å². The van der Waals surface area contributed by atoms with Crippen LogP contribution >= 0.6 is 23.5 Å². The molecular formula is C21H19N3O3S2. The van der Waals surface area contributed by atoms with Crippen LogP contribution in [0.5, 0.6) is 11.5 Å². The molecule has 1 amide bonds. The summed E-state index contributed by atoms with van der Waals surface area (Å²) < 4.78 is 10.7. The van der Waals surface area contributed by atoms with Gasteiger partial charge in [0.2, 0.25) is 12.7 Å². The van der Waals surface area contributed by atoms with Crippen LogP contribution in [0.25, 0.3) is 0 Å². The van der Waals surface area contributed by atoms with Gasteiger partial charge in [-0.15, -0.1) is 0 Å². The third-order valence-electron chi connectivity index (χ3n) is 4.20. The highest BCUT2D eigenvalue weighted by Crippen LogP contribution is 2.34. The maximum Gasteiger partial charge on any atom is 0.231 e. The molecule has 6 nitrogen and oxygen atoms in total. The lowest BCUT2D eigenvalue weighted by atomic mass is 10.2. The third-order valence-corrected chi connectivity index (χ3v) is 6.48. The van der Waals surface area contributed by atoms with Crippen molar-refractivity contribution in [1.29, 1.82) is 0 Å². The summed E-state index contributed by atoms with van der Waals surface area (Å²) in [5.41, 5.74) is 2.14. The van der Waals surface area contributed by atoms with Gasteiger partial charge in [0, 0.05) is 23.8 Å². The summed E-state index contributed by atoms with van der Waals surface area (Å²) in [6.45, 7) is 2.74. The molecule has 1 aromatic heterocycles. The molecule has 2 heterocycles. The summed E-state index contributed by atoms with van der Waals surface area (Å²) in [4.78, 5) is 22.3. The fourth-order valence-electron chi connectivity index (χ4n) is 2.69. The van der Waals surface area contributed by atoms with Gasteiger partial charge in [-0.25, -0.2) is 9.97 Å². The number of nitrogens with zero attached hydrogens (tertiary/aromatic N) is 2. The van der Waals surface area contributed by atoms with Crippen LogP contribution in [0.3, 0.4) is 0 Å². The van der Waals surface area contributed by atoms with E-state index >= 15 is 0 Å². The van der Waals surface area contributed by atoms with Crippen molar-refractivity contribution >= 4 is 29.4 Å². The molecule has 0 spiro atoms. The quantitative estimate of drug-likeness (QED) is 0.572. The number of fused-ring (bicyclic) bond motifs is 1. The van der Waals surface area contributed by atoms with E-state index in [0.29, 0.717) is 12.3 Å². The molecular weight excluding hydrogens is 406 g/mol. The number of thioether (sulfide) groups is 1. The summed E-state index contributed by atoms with van der Waals surface area (Å²) in [6, 6.07) is 13.8. The number of carbonyl (C=O) groups is 1. The van der Waals surface area contributed by atoms with Gasteiger partial charge in [0.1, 0.15) is 10.1 Å².